The van der Waals surface area contributed by atoms with Crippen molar-refractivity contribution >= 4 is 5.91 Å². The van der Waals surface area contributed by atoms with Gasteiger partial charge in [-0.2, -0.15) is 5.26 Å². The molecule has 134 valence electrons. The van der Waals surface area contributed by atoms with Crippen LogP contribution in [0.2, 0.25) is 0 Å². The van der Waals surface area contributed by atoms with E-state index in [-0.39, 0.29) is 5.91 Å². The lowest BCUT2D eigenvalue weighted by Gasteiger charge is -2.27. The molecule has 1 fully saturated rings. The summed E-state index contributed by atoms with van der Waals surface area (Å²) in [6.45, 7) is 2.96. The van der Waals surface area contributed by atoms with Gasteiger partial charge in [0, 0.05) is 13.1 Å². The zero-order chi connectivity index (χ0) is 18.2. The van der Waals surface area contributed by atoms with Gasteiger partial charge in [-0.25, -0.2) is 0 Å². The van der Waals surface area contributed by atoms with Gasteiger partial charge in [0.05, 0.1) is 30.4 Å². The van der Waals surface area contributed by atoms with E-state index >= 15 is 0 Å². The van der Waals surface area contributed by atoms with Crippen molar-refractivity contribution in [2.75, 3.05) is 39.5 Å². The summed E-state index contributed by atoms with van der Waals surface area (Å²) in [6, 6.07) is 16.2. The van der Waals surface area contributed by atoms with Crippen molar-refractivity contribution in [1.82, 2.24) is 4.90 Å². The summed E-state index contributed by atoms with van der Waals surface area (Å²) in [5.41, 5.74) is 1.14. The average molecular weight is 352 g/mol. The fourth-order valence-electron chi connectivity index (χ4n) is 2.64. The molecule has 2 aromatic carbocycles. The molecule has 0 N–H and O–H groups in total. The lowest BCUT2D eigenvalue weighted by atomic mass is 10.1. The molecule has 1 heterocycles. The summed E-state index contributed by atoms with van der Waals surface area (Å²) in [6.07, 6.45) is 0. The number of carbonyl (C=O) groups is 1. The molecule has 0 atom stereocenters. The third kappa shape index (κ3) is 4.52. The molecule has 0 radical (unpaired) electrons. The van der Waals surface area contributed by atoms with Crippen LogP contribution in [0.5, 0.6) is 11.5 Å². The van der Waals surface area contributed by atoms with Crippen LogP contribution in [0, 0.1) is 11.3 Å². The fraction of sp³-hybridized carbons (Fsp3) is 0.300. The zero-order valence-electron chi connectivity index (χ0n) is 14.4. The normalized spacial score (nSPS) is 13.7. The highest BCUT2D eigenvalue weighted by Gasteiger charge is 2.21. The lowest BCUT2D eigenvalue weighted by Crippen LogP contribution is -2.40. The van der Waals surface area contributed by atoms with Gasteiger partial charge >= 0.3 is 0 Å². The molecule has 1 saturated heterocycles. The van der Waals surface area contributed by atoms with Crippen molar-refractivity contribution < 1.29 is 19.0 Å². The maximum absolute atomic E-state index is 12.7. The van der Waals surface area contributed by atoms with Gasteiger partial charge in [-0.05, 0) is 36.4 Å². The van der Waals surface area contributed by atoms with Gasteiger partial charge in [0.15, 0.2) is 0 Å². The van der Waals surface area contributed by atoms with E-state index in [4.69, 9.17) is 19.5 Å². The number of amides is 1. The molecule has 0 aliphatic carbocycles. The van der Waals surface area contributed by atoms with E-state index in [2.05, 4.69) is 6.07 Å². The Hall–Kier alpha value is -3.04. The van der Waals surface area contributed by atoms with E-state index in [1.165, 1.54) is 0 Å². The topological polar surface area (TPSA) is 71.8 Å². The summed E-state index contributed by atoms with van der Waals surface area (Å²) in [4.78, 5) is 14.4. The number of nitriles is 1. The number of benzene rings is 2. The molecule has 1 aliphatic rings. The molecule has 26 heavy (non-hydrogen) atoms. The molecule has 0 bridgehead atoms. The maximum Gasteiger partial charge on any atom is 0.257 e. The van der Waals surface area contributed by atoms with Crippen molar-refractivity contribution in [2.45, 2.75) is 0 Å². The summed E-state index contributed by atoms with van der Waals surface area (Å²) >= 11 is 0. The summed E-state index contributed by atoms with van der Waals surface area (Å²) in [5, 5.41) is 8.78. The van der Waals surface area contributed by atoms with E-state index in [0.717, 1.165) is 0 Å². The van der Waals surface area contributed by atoms with Crippen LogP contribution in [0.3, 0.4) is 0 Å². The second-order valence-electron chi connectivity index (χ2n) is 5.73. The predicted octanol–water partition coefficient (Wildman–Crippen LogP) is 2.49. The van der Waals surface area contributed by atoms with Gasteiger partial charge in [0.25, 0.3) is 5.91 Å². The molecule has 6 nitrogen and oxygen atoms in total. The second kappa shape index (κ2) is 8.88. The van der Waals surface area contributed by atoms with Crippen LogP contribution in [-0.2, 0) is 4.74 Å². The van der Waals surface area contributed by atoms with Crippen LogP contribution < -0.4 is 9.47 Å². The van der Waals surface area contributed by atoms with Gasteiger partial charge in [-0.1, -0.05) is 12.1 Å². The highest BCUT2D eigenvalue weighted by molar-refractivity contribution is 5.97. The molecule has 1 amide bonds. The molecular weight excluding hydrogens is 332 g/mol. The van der Waals surface area contributed by atoms with Gasteiger partial charge in [0.1, 0.15) is 24.7 Å². The van der Waals surface area contributed by atoms with E-state index in [1.54, 1.807) is 41.3 Å². The number of nitrogens with zero attached hydrogens (tertiary/aromatic N) is 2. The van der Waals surface area contributed by atoms with Crippen molar-refractivity contribution in [3.05, 3.63) is 59.7 Å². The highest BCUT2D eigenvalue weighted by atomic mass is 16.5. The van der Waals surface area contributed by atoms with Crippen LogP contribution >= 0.6 is 0 Å². The number of ether oxygens (including phenoxy) is 3. The minimum Gasteiger partial charge on any atom is -0.490 e. The van der Waals surface area contributed by atoms with Crippen molar-refractivity contribution in [2.24, 2.45) is 0 Å². The largest absolute Gasteiger partial charge is 0.490 e. The Bertz CT molecular complexity index is 777. The van der Waals surface area contributed by atoms with Crippen molar-refractivity contribution in [3.63, 3.8) is 0 Å². The third-order valence-corrected chi connectivity index (χ3v) is 4.01. The fourth-order valence-corrected chi connectivity index (χ4v) is 2.64. The first-order valence-electron chi connectivity index (χ1n) is 8.50. The van der Waals surface area contributed by atoms with E-state index < -0.39 is 0 Å². The molecule has 0 saturated carbocycles. The Morgan fingerprint density at radius 2 is 1.73 bits per heavy atom. The van der Waals surface area contributed by atoms with Crippen LogP contribution in [-0.4, -0.2) is 50.3 Å². The quantitative estimate of drug-likeness (QED) is 0.747. The Morgan fingerprint density at radius 1 is 1.04 bits per heavy atom. The summed E-state index contributed by atoms with van der Waals surface area (Å²) in [7, 11) is 0. The standard InChI is InChI=1S/C20H20N2O4/c21-15-16-5-7-17(8-6-16)25-13-14-26-19-4-2-1-3-18(19)20(23)22-9-11-24-12-10-22/h1-8H,9-14H2. The lowest BCUT2D eigenvalue weighted by molar-refractivity contribution is 0.0300. The van der Waals surface area contributed by atoms with Gasteiger partial charge in [-0.3, -0.25) is 4.79 Å². The monoisotopic (exact) mass is 352 g/mol. The van der Waals surface area contributed by atoms with Crippen molar-refractivity contribution in [3.8, 4) is 17.6 Å². The maximum atomic E-state index is 12.7. The molecule has 0 unspecified atom stereocenters. The molecule has 2 aromatic rings. The molecule has 0 spiro atoms. The zero-order valence-corrected chi connectivity index (χ0v) is 14.4. The SMILES string of the molecule is N#Cc1ccc(OCCOc2ccccc2C(=O)N2CCOCC2)cc1. The predicted molar refractivity (Wildman–Crippen MR) is 95.3 cm³/mol. The summed E-state index contributed by atoms with van der Waals surface area (Å²) in [5.74, 6) is 1.18. The van der Waals surface area contributed by atoms with Gasteiger partial charge in [0.2, 0.25) is 0 Å². The van der Waals surface area contributed by atoms with Crippen LogP contribution in [0.1, 0.15) is 15.9 Å². The molecule has 3 rings (SSSR count). The minimum absolute atomic E-state index is 0.0445. The highest BCUT2D eigenvalue weighted by Crippen LogP contribution is 2.20. The summed E-state index contributed by atoms with van der Waals surface area (Å²) < 4.78 is 16.6. The average Bonchev–Trinajstić information content (AvgIpc) is 2.72. The molecule has 6 heteroatoms. The van der Waals surface area contributed by atoms with Crippen LogP contribution in [0.4, 0.5) is 0 Å². The molecule has 1 aliphatic heterocycles. The number of carbonyl (C=O) groups excluding carboxylic acids is 1. The van der Waals surface area contributed by atoms with Crippen LogP contribution in [0.15, 0.2) is 48.5 Å². The smallest absolute Gasteiger partial charge is 0.257 e. The van der Waals surface area contributed by atoms with Gasteiger partial charge in [-0.15, -0.1) is 0 Å². The number of rotatable bonds is 6. The first kappa shape index (κ1) is 17.8. The first-order chi connectivity index (χ1) is 12.8. The minimum atomic E-state index is -0.0445. The molecule has 0 aromatic heterocycles. The van der Waals surface area contributed by atoms with Crippen LogP contribution in [0.25, 0.3) is 0 Å². The number of hydrogen-bond acceptors (Lipinski definition) is 5. The Morgan fingerprint density at radius 3 is 2.46 bits per heavy atom. The Labute approximate surface area is 152 Å². The van der Waals surface area contributed by atoms with E-state index in [0.29, 0.717) is 62.1 Å². The number of hydrogen-bond donors (Lipinski definition) is 0. The Kier molecular flexibility index (Phi) is 6.07. The first-order valence-corrected chi connectivity index (χ1v) is 8.50. The van der Waals surface area contributed by atoms with E-state index in [1.807, 2.05) is 12.1 Å². The Balaban J connectivity index is 1.54. The number of para-hydroxylation sites is 1. The molecular formula is C20H20N2O4. The second-order valence-corrected chi connectivity index (χ2v) is 5.73. The number of morpholine rings is 1. The van der Waals surface area contributed by atoms with Crippen molar-refractivity contribution in [1.29, 1.82) is 5.26 Å². The third-order valence-electron chi connectivity index (χ3n) is 4.01. The van der Waals surface area contributed by atoms with E-state index in [9.17, 15) is 4.79 Å². The van der Waals surface area contributed by atoms with Gasteiger partial charge < -0.3 is 19.1 Å².